The number of aryl methyl sites for hydroxylation is 1. The predicted octanol–water partition coefficient (Wildman–Crippen LogP) is 3.32. The number of amides is 1. The van der Waals surface area contributed by atoms with Crippen molar-refractivity contribution in [2.75, 3.05) is 11.1 Å². The lowest BCUT2D eigenvalue weighted by Crippen LogP contribution is -2.19. The molecule has 3 heteroatoms. The van der Waals surface area contributed by atoms with Gasteiger partial charge >= 0.3 is 0 Å². The zero-order chi connectivity index (χ0) is 13.8. The maximum atomic E-state index is 12.2. The van der Waals surface area contributed by atoms with Crippen molar-refractivity contribution in [2.24, 2.45) is 0 Å². The second-order valence-corrected chi connectivity index (χ2v) is 4.70. The fourth-order valence-corrected chi connectivity index (χ4v) is 1.93. The summed E-state index contributed by atoms with van der Waals surface area (Å²) in [5.41, 5.74) is 9.24. The van der Waals surface area contributed by atoms with E-state index >= 15 is 0 Å². The van der Waals surface area contributed by atoms with E-state index in [0.717, 1.165) is 16.8 Å². The summed E-state index contributed by atoms with van der Waals surface area (Å²) in [6.07, 6.45) is 0. The standard InChI is InChI=1S/C16H18N2O/c1-11-6-3-4-9-15(11)18-16(19)12(2)13-7-5-8-14(17)10-13/h3-10,12H,17H2,1-2H3,(H,18,19). The van der Waals surface area contributed by atoms with Crippen molar-refractivity contribution < 1.29 is 4.79 Å². The number of carbonyl (C=O) groups is 1. The van der Waals surface area contributed by atoms with Gasteiger partial charge in [-0.15, -0.1) is 0 Å². The minimum atomic E-state index is -0.233. The molecule has 98 valence electrons. The van der Waals surface area contributed by atoms with E-state index in [1.807, 2.05) is 62.4 Å². The minimum absolute atomic E-state index is 0.0279. The van der Waals surface area contributed by atoms with Crippen molar-refractivity contribution in [1.29, 1.82) is 0 Å². The molecule has 0 bridgehead atoms. The van der Waals surface area contributed by atoms with Gasteiger partial charge in [-0.2, -0.15) is 0 Å². The lowest BCUT2D eigenvalue weighted by Gasteiger charge is -2.14. The summed E-state index contributed by atoms with van der Waals surface area (Å²) >= 11 is 0. The van der Waals surface area contributed by atoms with Crippen LogP contribution in [0.1, 0.15) is 24.0 Å². The van der Waals surface area contributed by atoms with Crippen molar-refractivity contribution in [2.45, 2.75) is 19.8 Å². The van der Waals surface area contributed by atoms with Gasteiger partial charge in [0.15, 0.2) is 0 Å². The van der Waals surface area contributed by atoms with Crippen LogP contribution in [-0.4, -0.2) is 5.91 Å². The number of carbonyl (C=O) groups excluding carboxylic acids is 1. The number of nitrogens with one attached hydrogen (secondary N) is 1. The Hall–Kier alpha value is -2.29. The summed E-state index contributed by atoms with van der Waals surface area (Å²) in [6, 6.07) is 15.2. The number of nitrogen functional groups attached to an aromatic ring is 1. The molecule has 0 aliphatic carbocycles. The van der Waals surface area contributed by atoms with E-state index in [4.69, 9.17) is 5.73 Å². The molecule has 0 aliphatic heterocycles. The molecule has 0 heterocycles. The van der Waals surface area contributed by atoms with Crippen molar-refractivity contribution in [3.8, 4) is 0 Å². The molecule has 0 saturated heterocycles. The van der Waals surface area contributed by atoms with Crippen LogP contribution < -0.4 is 11.1 Å². The highest BCUT2D eigenvalue weighted by Gasteiger charge is 2.15. The van der Waals surface area contributed by atoms with Crippen LogP contribution in [0.5, 0.6) is 0 Å². The first-order valence-electron chi connectivity index (χ1n) is 6.30. The molecule has 0 aliphatic rings. The second-order valence-electron chi connectivity index (χ2n) is 4.70. The molecule has 0 aromatic heterocycles. The van der Waals surface area contributed by atoms with Crippen molar-refractivity contribution >= 4 is 17.3 Å². The number of rotatable bonds is 3. The van der Waals surface area contributed by atoms with Crippen LogP contribution in [0.2, 0.25) is 0 Å². The molecule has 0 spiro atoms. The van der Waals surface area contributed by atoms with Gasteiger partial charge in [0.2, 0.25) is 5.91 Å². The zero-order valence-corrected chi connectivity index (χ0v) is 11.2. The van der Waals surface area contributed by atoms with Gasteiger partial charge in [0.1, 0.15) is 0 Å². The van der Waals surface area contributed by atoms with Crippen molar-refractivity contribution in [1.82, 2.24) is 0 Å². The molecule has 1 unspecified atom stereocenters. The maximum absolute atomic E-state index is 12.2. The summed E-state index contributed by atoms with van der Waals surface area (Å²) in [5, 5.41) is 2.95. The molecule has 0 saturated carbocycles. The summed E-state index contributed by atoms with van der Waals surface area (Å²) in [6.45, 7) is 3.85. The molecule has 2 aromatic rings. The Balaban J connectivity index is 2.14. The summed E-state index contributed by atoms with van der Waals surface area (Å²) in [4.78, 5) is 12.2. The summed E-state index contributed by atoms with van der Waals surface area (Å²) in [5.74, 6) is -0.261. The van der Waals surface area contributed by atoms with Crippen LogP contribution in [0.25, 0.3) is 0 Å². The average Bonchev–Trinajstić information content (AvgIpc) is 2.40. The maximum Gasteiger partial charge on any atom is 0.231 e. The smallest absolute Gasteiger partial charge is 0.231 e. The van der Waals surface area contributed by atoms with E-state index in [-0.39, 0.29) is 11.8 Å². The van der Waals surface area contributed by atoms with Gasteiger partial charge in [0.05, 0.1) is 5.92 Å². The highest BCUT2D eigenvalue weighted by Crippen LogP contribution is 2.21. The Morgan fingerprint density at radius 2 is 1.89 bits per heavy atom. The molecule has 1 atom stereocenters. The van der Waals surface area contributed by atoms with E-state index in [1.54, 1.807) is 0 Å². The lowest BCUT2D eigenvalue weighted by molar-refractivity contribution is -0.117. The molecule has 3 N–H and O–H groups in total. The first-order chi connectivity index (χ1) is 9.08. The first-order valence-corrected chi connectivity index (χ1v) is 6.30. The summed E-state index contributed by atoms with van der Waals surface area (Å²) in [7, 11) is 0. The quantitative estimate of drug-likeness (QED) is 0.825. The molecule has 1 amide bonds. The molecule has 19 heavy (non-hydrogen) atoms. The fourth-order valence-electron chi connectivity index (χ4n) is 1.93. The third kappa shape index (κ3) is 3.13. The van der Waals surface area contributed by atoms with Gasteiger partial charge in [-0.3, -0.25) is 4.79 Å². The Morgan fingerprint density at radius 1 is 1.16 bits per heavy atom. The van der Waals surface area contributed by atoms with Crippen LogP contribution in [0, 0.1) is 6.92 Å². The van der Waals surface area contributed by atoms with Gasteiger partial charge in [0, 0.05) is 11.4 Å². The van der Waals surface area contributed by atoms with Crippen LogP contribution in [0.15, 0.2) is 48.5 Å². The lowest BCUT2D eigenvalue weighted by atomic mass is 9.99. The summed E-state index contributed by atoms with van der Waals surface area (Å²) < 4.78 is 0. The number of nitrogens with two attached hydrogens (primary N) is 1. The highest BCUT2D eigenvalue weighted by atomic mass is 16.1. The normalized spacial score (nSPS) is 11.9. The van der Waals surface area contributed by atoms with E-state index in [0.29, 0.717) is 5.69 Å². The number of benzene rings is 2. The van der Waals surface area contributed by atoms with E-state index in [2.05, 4.69) is 5.32 Å². The van der Waals surface area contributed by atoms with Gasteiger partial charge in [-0.25, -0.2) is 0 Å². The highest BCUT2D eigenvalue weighted by molar-refractivity contribution is 5.96. The third-order valence-electron chi connectivity index (χ3n) is 3.21. The van der Waals surface area contributed by atoms with Gasteiger partial charge < -0.3 is 11.1 Å². The molecular weight excluding hydrogens is 236 g/mol. The molecule has 3 nitrogen and oxygen atoms in total. The predicted molar refractivity (Wildman–Crippen MR) is 79.1 cm³/mol. The fraction of sp³-hybridized carbons (Fsp3) is 0.188. The number of para-hydroxylation sites is 1. The Morgan fingerprint density at radius 3 is 2.58 bits per heavy atom. The largest absolute Gasteiger partial charge is 0.399 e. The monoisotopic (exact) mass is 254 g/mol. The van der Waals surface area contributed by atoms with Gasteiger partial charge in [-0.05, 0) is 43.2 Å². The van der Waals surface area contributed by atoms with E-state index < -0.39 is 0 Å². The average molecular weight is 254 g/mol. The molecule has 2 rings (SSSR count). The molecule has 0 radical (unpaired) electrons. The van der Waals surface area contributed by atoms with E-state index in [9.17, 15) is 4.79 Å². The number of hydrogen-bond acceptors (Lipinski definition) is 2. The van der Waals surface area contributed by atoms with Crippen LogP contribution in [0.3, 0.4) is 0 Å². The number of anilines is 2. The van der Waals surface area contributed by atoms with Crippen LogP contribution in [0.4, 0.5) is 11.4 Å². The van der Waals surface area contributed by atoms with Crippen LogP contribution >= 0.6 is 0 Å². The van der Waals surface area contributed by atoms with Gasteiger partial charge in [-0.1, -0.05) is 30.3 Å². The number of hydrogen-bond donors (Lipinski definition) is 2. The first kappa shape index (κ1) is 13.1. The molecule has 2 aromatic carbocycles. The Kier molecular flexibility index (Phi) is 3.85. The zero-order valence-electron chi connectivity index (χ0n) is 11.2. The van der Waals surface area contributed by atoms with Crippen molar-refractivity contribution in [3.63, 3.8) is 0 Å². The van der Waals surface area contributed by atoms with Gasteiger partial charge in [0.25, 0.3) is 0 Å². The van der Waals surface area contributed by atoms with Crippen molar-refractivity contribution in [3.05, 3.63) is 59.7 Å². The Bertz CT molecular complexity index is 593. The van der Waals surface area contributed by atoms with Crippen LogP contribution in [-0.2, 0) is 4.79 Å². The topological polar surface area (TPSA) is 55.1 Å². The third-order valence-corrected chi connectivity index (χ3v) is 3.21. The van der Waals surface area contributed by atoms with E-state index in [1.165, 1.54) is 0 Å². The SMILES string of the molecule is Cc1ccccc1NC(=O)C(C)c1cccc(N)c1. The molecule has 0 fully saturated rings. The second kappa shape index (κ2) is 5.57. The minimum Gasteiger partial charge on any atom is -0.399 e. The molecular formula is C16H18N2O. The Labute approximate surface area is 113 Å².